The van der Waals surface area contributed by atoms with Gasteiger partial charge in [-0.3, -0.25) is 0 Å². The minimum Gasteiger partial charge on any atom is -0.378 e. The van der Waals surface area contributed by atoms with Crippen LogP contribution in [0.4, 0.5) is 0 Å². The van der Waals surface area contributed by atoms with Crippen LogP contribution < -0.4 is 0 Å². The zero-order chi connectivity index (χ0) is 12.2. The van der Waals surface area contributed by atoms with Crippen LogP contribution in [0.1, 0.15) is 13.3 Å². The zero-order valence-corrected chi connectivity index (χ0v) is 11.3. The highest BCUT2D eigenvalue weighted by atomic mass is 35.5. The Balaban J connectivity index is 2.67. The number of hydrogen-bond donors (Lipinski definition) is 0. The van der Waals surface area contributed by atoms with Crippen molar-refractivity contribution in [3.05, 3.63) is 0 Å². The van der Waals surface area contributed by atoms with E-state index in [1.165, 1.54) is 8.61 Å². The van der Waals surface area contributed by atoms with Crippen LogP contribution >= 0.6 is 11.6 Å². The molecule has 1 rings (SSSR count). The van der Waals surface area contributed by atoms with Gasteiger partial charge in [0.05, 0.1) is 13.2 Å². The first-order chi connectivity index (χ1) is 7.50. The monoisotopic (exact) mass is 270 g/mol. The summed E-state index contributed by atoms with van der Waals surface area (Å²) in [5.41, 5.74) is 0. The Morgan fingerprint density at radius 2 is 2.25 bits per heavy atom. The highest BCUT2D eigenvalue weighted by Gasteiger charge is 2.32. The van der Waals surface area contributed by atoms with Gasteiger partial charge in [-0.2, -0.15) is 17.0 Å². The normalized spacial score (nSPS) is 23.9. The molecule has 0 aliphatic carbocycles. The first kappa shape index (κ1) is 14.2. The largest absolute Gasteiger partial charge is 0.378 e. The molecule has 0 radical (unpaired) electrons. The van der Waals surface area contributed by atoms with E-state index in [4.69, 9.17) is 16.3 Å². The van der Waals surface area contributed by atoms with E-state index in [0.717, 1.165) is 0 Å². The molecular weight excluding hydrogens is 252 g/mol. The molecule has 1 aliphatic heterocycles. The van der Waals surface area contributed by atoms with Crippen LogP contribution in [-0.4, -0.2) is 62.3 Å². The summed E-state index contributed by atoms with van der Waals surface area (Å²) in [6.07, 6.45) is 0.663. The summed E-state index contributed by atoms with van der Waals surface area (Å²) < 4.78 is 32.4. The second-order valence-electron chi connectivity index (χ2n) is 3.91. The summed E-state index contributed by atoms with van der Waals surface area (Å²) in [5, 5.41) is 0. The Kier molecular flexibility index (Phi) is 5.46. The van der Waals surface area contributed by atoms with Gasteiger partial charge in [-0.15, -0.1) is 11.6 Å². The van der Waals surface area contributed by atoms with E-state index in [-0.39, 0.29) is 6.04 Å². The van der Waals surface area contributed by atoms with Gasteiger partial charge in [0, 0.05) is 32.1 Å². The van der Waals surface area contributed by atoms with Crippen LogP contribution in [0.25, 0.3) is 0 Å². The summed E-state index contributed by atoms with van der Waals surface area (Å²) in [7, 11) is -1.77. The predicted octanol–water partition coefficient (Wildman–Crippen LogP) is 0.513. The molecule has 0 aromatic carbocycles. The Morgan fingerprint density at radius 3 is 2.81 bits per heavy atom. The third-order valence-corrected chi connectivity index (χ3v) is 4.98. The minimum absolute atomic E-state index is 0.0998. The number of morpholine rings is 1. The Hall–Kier alpha value is 0.120. The minimum atomic E-state index is -3.36. The lowest BCUT2D eigenvalue weighted by Gasteiger charge is -2.34. The third-order valence-electron chi connectivity index (χ3n) is 2.60. The van der Waals surface area contributed by atoms with Gasteiger partial charge in [-0.05, 0) is 13.3 Å². The number of alkyl halides is 1. The molecule has 1 aliphatic rings. The molecule has 1 atom stereocenters. The summed E-state index contributed by atoms with van der Waals surface area (Å²) in [4.78, 5) is 0. The molecule has 1 unspecified atom stereocenters. The Morgan fingerprint density at radius 1 is 1.56 bits per heavy atom. The van der Waals surface area contributed by atoms with Crippen LogP contribution in [0, 0.1) is 0 Å². The van der Waals surface area contributed by atoms with Gasteiger partial charge in [-0.25, -0.2) is 0 Å². The topological polar surface area (TPSA) is 49.9 Å². The first-order valence-electron chi connectivity index (χ1n) is 5.37. The lowest BCUT2D eigenvalue weighted by Crippen LogP contribution is -2.52. The average Bonchev–Trinajstić information content (AvgIpc) is 2.26. The number of hydrogen-bond acceptors (Lipinski definition) is 3. The van der Waals surface area contributed by atoms with Crippen LogP contribution in [0.3, 0.4) is 0 Å². The van der Waals surface area contributed by atoms with E-state index in [1.54, 1.807) is 7.05 Å². The lowest BCUT2D eigenvalue weighted by molar-refractivity contribution is 0.0368. The van der Waals surface area contributed by atoms with Gasteiger partial charge in [-0.1, -0.05) is 0 Å². The molecule has 0 N–H and O–H groups in total. The van der Waals surface area contributed by atoms with Crippen LogP contribution in [-0.2, 0) is 14.9 Å². The molecule has 0 aromatic rings. The smallest absolute Gasteiger partial charge is 0.282 e. The van der Waals surface area contributed by atoms with Gasteiger partial charge >= 0.3 is 0 Å². The molecule has 96 valence electrons. The van der Waals surface area contributed by atoms with E-state index >= 15 is 0 Å². The number of ether oxygens (including phenoxy) is 1. The third kappa shape index (κ3) is 3.30. The van der Waals surface area contributed by atoms with Crippen molar-refractivity contribution in [2.24, 2.45) is 0 Å². The molecule has 0 amide bonds. The van der Waals surface area contributed by atoms with Crippen molar-refractivity contribution in [2.45, 2.75) is 19.4 Å². The summed E-state index contributed by atoms with van der Waals surface area (Å²) in [5.74, 6) is 0.471. The molecule has 0 bridgehead atoms. The van der Waals surface area contributed by atoms with Gasteiger partial charge in [0.2, 0.25) is 0 Å². The fraction of sp³-hybridized carbons (Fsp3) is 1.00. The summed E-state index contributed by atoms with van der Waals surface area (Å²) >= 11 is 5.56. The van der Waals surface area contributed by atoms with E-state index in [1.807, 2.05) is 6.92 Å². The molecule has 1 fully saturated rings. The van der Waals surface area contributed by atoms with Gasteiger partial charge in [0.25, 0.3) is 10.2 Å². The van der Waals surface area contributed by atoms with Crippen LogP contribution in [0.2, 0.25) is 0 Å². The van der Waals surface area contributed by atoms with Crippen molar-refractivity contribution in [2.75, 3.05) is 39.2 Å². The highest BCUT2D eigenvalue weighted by Crippen LogP contribution is 2.15. The Labute approximate surface area is 102 Å². The molecule has 0 aromatic heterocycles. The predicted molar refractivity (Wildman–Crippen MR) is 63.9 cm³/mol. The molecule has 1 saturated heterocycles. The maximum atomic E-state index is 12.2. The summed E-state index contributed by atoms with van der Waals surface area (Å²) in [6.45, 7) is 3.66. The maximum absolute atomic E-state index is 12.2. The molecule has 16 heavy (non-hydrogen) atoms. The van der Waals surface area contributed by atoms with E-state index in [2.05, 4.69) is 0 Å². The molecule has 5 nitrogen and oxygen atoms in total. The fourth-order valence-corrected chi connectivity index (χ4v) is 3.29. The van der Waals surface area contributed by atoms with Crippen LogP contribution in [0.5, 0.6) is 0 Å². The molecule has 7 heteroatoms. The molecular formula is C9H19ClN2O3S. The average molecular weight is 271 g/mol. The number of rotatable bonds is 5. The standard InChI is InChI=1S/C9H19ClN2O3S/c1-9-8-15-7-6-12(9)16(13,14)11(2)5-3-4-10/h9H,3-8H2,1-2H3. The number of nitrogens with zero attached hydrogens (tertiary/aromatic N) is 2. The van der Waals surface area contributed by atoms with E-state index in [9.17, 15) is 8.42 Å². The SMILES string of the molecule is CC1COCCN1S(=O)(=O)N(C)CCCCl. The Bertz CT molecular complexity index is 310. The van der Waals surface area contributed by atoms with E-state index < -0.39 is 10.2 Å². The quantitative estimate of drug-likeness (QED) is 0.684. The van der Waals surface area contributed by atoms with Crippen molar-refractivity contribution in [1.82, 2.24) is 8.61 Å². The molecule has 0 spiro atoms. The molecule has 1 heterocycles. The molecule has 0 saturated carbocycles. The number of halogens is 1. The zero-order valence-electron chi connectivity index (χ0n) is 9.73. The summed E-state index contributed by atoms with van der Waals surface area (Å²) in [6, 6.07) is -0.0998. The van der Waals surface area contributed by atoms with Gasteiger partial charge in [0.1, 0.15) is 0 Å². The van der Waals surface area contributed by atoms with Crippen molar-refractivity contribution in [3.63, 3.8) is 0 Å². The van der Waals surface area contributed by atoms with Gasteiger partial charge < -0.3 is 4.74 Å². The van der Waals surface area contributed by atoms with Crippen molar-refractivity contribution >= 4 is 21.8 Å². The van der Waals surface area contributed by atoms with Crippen molar-refractivity contribution in [1.29, 1.82) is 0 Å². The van der Waals surface area contributed by atoms with Crippen LogP contribution in [0.15, 0.2) is 0 Å². The highest BCUT2D eigenvalue weighted by molar-refractivity contribution is 7.86. The fourth-order valence-electron chi connectivity index (χ4n) is 1.63. The first-order valence-corrected chi connectivity index (χ1v) is 7.30. The second-order valence-corrected chi connectivity index (χ2v) is 6.27. The maximum Gasteiger partial charge on any atom is 0.282 e. The lowest BCUT2D eigenvalue weighted by atomic mass is 10.3. The second kappa shape index (κ2) is 6.16. The van der Waals surface area contributed by atoms with Crippen molar-refractivity contribution in [3.8, 4) is 0 Å². The van der Waals surface area contributed by atoms with Gasteiger partial charge in [0.15, 0.2) is 0 Å². The van der Waals surface area contributed by atoms with Crippen molar-refractivity contribution < 1.29 is 13.2 Å². The van der Waals surface area contributed by atoms with E-state index in [0.29, 0.717) is 38.6 Å².